The minimum Gasteiger partial charge on any atom is -0.480 e. The summed E-state index contributed by atoms with van der Waals surface area (Å²) in [6, 6.07) is 7.23. The number of anilines is 1. The van der Waals surface area contributed by atoms with Crippen LogP contribution in [-0.2, 0) is 56.1 Å². The first kappa shape index (κ1) is 48.8. The third kappa shape index (κ3) is 10.9. The minimum atomic E-state index is -4.58. The van der Waals surface area contributed by atoms with Gasteiger partial charge in [-0.05, 0) is 98.6 Å². The molecule has 2 aromatic carbocycles. The average molecular weight is 941 g/mol. The molecule has 1 unspecified atom stereocenters. The predicted octanol–water partition coefficient (Wildman–Crippen LogP) is 5.41. The summed E-state index contributed by atoms with van der Waals surface area (Å²) in [6.07, 6.45) is 8.96. The quantitative estimate of drug-likeness (QED) is 0.0854. The van der Waals surface area contributed by atoms with Crippen molar-refractivity contribution in [2.24, 2.45) is 5.92 Å². The predicted molar refractivity (Wildman–Crippen MR) is 233 cm³/mol. The number of benzene rings is 2. The Balaban J connectivity index is 1.68. The molecule has 3 aliphatic rings. The Morgan fingerprint density at radius 2 is 1.37 bits per heavy atom. The molecule has 5 rings (SSSR count). The van der Waals surface area contributed by atoms with E-state index in [0.717, 1.165) is 11.1 Å². The Kier molecular flexibility index (Phi) is 14.0. The maximum absolute atomic E-state index is 12.6. The lowest BCUT2D eigenvalue weighted by Crippen LogP contribution is -2.41. The summed E-state index contributed by atoms with van der Waals surface area (Å²) in [5, 5.41) is 13.6. The number of allylic oxidation sites excluding steroid dienone is 7. The van der Waals surface area contributed by atoms with Crippen molar-refractivity contribution in [3.63, 3.8) is 0 Å². The number of hydrogen-bond donors (Lipinski definition) is 6. The normalized spacial score (nSPS) is 19.8. The first-order valence-corrected chi connectivity index (χ1v) is 25.9. The lowest BCUT2D eigenvalue weighted by Gasteiger charge is -2.29. The van der Waals surface area contributed by atoms with Crippen molar-refractivity contribution < 1.29 is 66.4 Å². The largest absolute Gasteiger partial charge is 0.480 e. The molecule has 340 valence electrons. The Morgan fingerprint density at radius 3 is 1.94 bits per heavy atom. The van der Waals surface area contributed by atoms with Crippen LogP contribution in [0, 0.1) is 5.92 Å². The van der Waals surface area contributed by atoms with Gasteiger partial charge in [-0.15, -0.1) is 0 Å². The Bertz CT molecular complexity index is 2770. The van der Waals surface area contributed by atoms with Crippen LogP contribution in [-0.4, -0.2) is 104 Å². The average Bonchev–Trinajstić information content (AvgIpc) is 3.47. The summed E-state index contributed by atoms with van der Waals surface area (Å²) in [7, 11) is -17.8. The fraction of sp³-hybridized carbons (Fsp3) is 0.463. The second-order valence-corrected chi connectivity index (χ2v) is 23.0. The molecule has 0 saturated heterocycles. The van der Waals surface area contributed by atoms with E-state index in [0.29, 0.717) is 58.9 Å². The van der Waals surface area contributed by atoms with Gasteiger partial charge in [0.05, 0.1) is 26.7 Å². The van der Waals surface area contributed by atoms with Gasteiger partial charge in [-0.25, -0.2) is 4.79 Å². The van der Waals surface area contributed by atoms with E-state index in [-0.39, 0.29) is 41.6 Å². The zero-order chi connectivity index (χ0) is 46.4. The smallest absolute Gasteiger partial charge is 0.326 e. The van der Waals surface area contributed by atoms with Gasteiger partial charge in [0.2, 0.25) is 5.69 Å². The van der Waals surface area contributed by atoms with E-state index in [1.807, 2.05) is 61.5 Å². The second-order valence-electron chi connectivity index (χ2n) is 17.1. The summed E-state index contributed by atoms with van der Waals surface area (Å²) >= 11 is 0. The number of nitrogens with zero attached hydrogens (tertiary/aromatic N) is 2. The van der Waals surface area contributed by atoms with Crippen molar-refractivity contribution in [1.82, 2.24) is 5.32 Å². The van der Waals surface area contributed by atoms with Crippen molar-refractivity contribution >= 4 is 63.5 Å². The standard InChI is InChI=1S/C41H53N3O14S4/c1-26(2)37(39(45)46)42-38-27(12-18-35-40(3,4)31-24-29(61(53,54)55)14-16-33(31)43(35)20-8-22-59(47,48)49)10-7-11-28(38)13-19-36-41(5,6)32-25-30(62(56,57)58)15-17-34(32)44(36)21-9-23-60(50,51)52/h12-19,24-26,37H,7-11,20-23H2,1-6H3,(H5,45,46,47,48,49,50,51,52,53,54,55,56,57,58)/p+1/b27-12+,35-18-. The molecule has 0 aromatic heterocycles. The number of nitrogens with one attached hydrogen (secondary N) is 1. The molecule has 0 fully saturated rings. The maximum Gasteiger partial charge on any atom is 0.326 e. The second kappa shape index (κ2) is 17.7. The van der Waals surface area contributed by atoms with Gasteiger partial charge < -0.3 is 15.3 Å². The number of carboxylic acids is 1. The number of hydrogen-bond acceptors (Lipinski definition) is 11. The van der Waals surface area contributed by atoms with Crippen LogP contribution in [0.25, 0.3) is 0 Å². The number of carboxylic acid groups (broad SMARTS) is 1. The number of aliphatic carboxylic acids is 1. The van der Waals surface area contributed by atoms with Crippen molar-refractivity contribution in [1.29, 1.82) is 0 Å². The molecule has 62 heavy (non-hydrogen) atoms. The first-order valence-electron chi connectivity index (χ1n) is 19.8. The van der Waals surface area contributed by atoms with E-state index in [2.05, 4.69) is 5.32 Å². The van der Waals surface area contributed by atoms with Crippen LogP contribution in [0.2, 0.25) is 0 Å². The highest BCUT2D eigenvalue weighted by molar-refractivity contribution is 7.86. The van der Waals surface area contributed by atoms with Crippen molar-refractivity contribution in [2.45, 2.75) is 100 Å². The van der Waals surface area contributed by atoms with E-state index in [9.17, 15) is 61.8 Å². The third-order valence-corrected chi connectivity index (χ3v) is 14.9. The topological polar surface area (TPSA) is 273 Å². The van der Waals surface area contributed by atoms with E-state index in [4.69, 9.17) is 0 Å². The van der Waals surface area contributed by atoms with E-state index in [1.165, 1.54) is 36.4 Å². The third-order valence-electron chi connectivity index (χ3n) is 11.5. The highest BCUT2D eigenvalue weighted by atomic mass is 32.2. The molecule has 2 aliphatic heterocycles. The van der Waals surface area contributed by atoms with Gasteiger partial charge in [0.1, 0.15) is 12.6 Å². The van der Waals surface area contributed by atoms with Crippen LogP contribution in [0.3, 0.4) is 0 Å². The van der Waals surface area contributed by atoms with Gasteiger partial charge in [-0.3, -0.25) is 18.2 Å². The van der Waals surface area contributed by atoms with Crippen molar-refractivity contribution in [3.05, 3.63) is 94.4 Å². The number of fused-ring (bicyclic) bond motifs is 2. The zero-order valence-electron chi connectivity index (χ0n) is 35.2. The highest BCUT2D eigenvalue weighted by Gasteiger charge is 2.45. The first-order chi connectivity index (χ1) is 28.4. The van der Waals surface area contributed by atoms with E-state index in [1.54, 1.807) is 13.8 Å². The van der Waals surface area contributed by atoms with Gasteiger partial charge >= 0.3 is 5.97 Å². The fourth-order valence-corrected chi connectivity index (χ4v) is 10.4. The summed E-state index contributed by atoms with van der Waals surface area (Å²) in [5.74, 6) is -2.52. The van der Waals surface area contributed by atoms with Crippen LogP contribution in [0.5, 0.6) is 0 Å². The molecule has 6 N–H and O–H groups in total. The van der Waals surface area contributed by atoms with Crippen LogP contribution in [0.4, 0.5) is 11.4 Å². The van der Waals surface area contributed by atoms with Crippen LogP contribution >= 0.6 is 0 Å². The van der Waals surface area contributed by atoms with Crippen LogP contribution in [0.1, 0.15) is 84.8 Å². The molecule has 1 aliphatic carbocycles. The van der Waals surface area contributed by atoms with Gasteiger partial charge in [-0.2, -0.15) is 38.2 Å². The molecular weight excluding hydrogens is 887 g/mol. The van der Waals surface area contributed by atoms with Crippen LogP contribution < -0.4 is 10.2 Å². The summed E-state index contributed by atoms with van der Waals surface area (Å²) < 4.78 is 136. The van der Waals surface area contributed by atoms with E-state index >= 15 is 0 Å². The molecule has 0 bridgehead atoms. The Morgan fingerprint density at radius 1 is 0.790 bits per heavy atom. The lowest BCUT2D eigenvalue weighted by molar-refractivity contribution is -0.437. The molecule has 2 aromatic rings. The molecule has 21 heteroatoms. The molecule has 0 spiro atoms. The molecule has 1 atom stereocenters. The van der Waals surface area contributed by atoms with Gasteiger partial charge in [0, 0.05) is 53.2 Å². The minimum absolute atomic E-state index is 0.0155. The molecule has 0 saturated carbocycles. The number of rotatable bonds is 17. The van der Waals surface area contributed by atoms with Gasteiger partial charge in [-0.1, -0.05) is 39.8 Å². The Hall–Kier alpha value is -4.22. The summed E-state index contributed by atoms with van der Waals surface area (Å²) in [6.45, 7) is 11.1. The molecule has 0 radical (unpaired) electrons. The SMILES string of the molecule is CC(C)C(NC1=C(/C=C/C2=[N+](CCCS(=O)(=O)O)c3ccc(S(=O)(=O)O)cc3C2(C)C)CCC/C1=C\C=C1/N(CCCS(=O)(=O)O)c2ccc(S(=O)(=O)O)cc2C1(C)C)C(=O)O. The monoisotopic (exact) mass is 940 g/mol. The lowest BCUT2D eigenvalue weighted by atomic mass is 9.81. The Labute approximate surface area is 363 Å². The highest BCUT2D eigenvalue weighted by Crippen LogP contribution is 2.49. The molecule has 0 amide bonds. The zero-order valence-corrected chi connectivity index (χ0v) is 38.5. The number of carbonyl (C=O) groups is 1. The molecule has 2 heterocycles. The molecular formula is C41H54N3O14S4+. The summed E-state index contributed by atoms with van der Waals surface area (Å²) in [4.78, 5) is 13.8. The molecule has 17 nitrogen and oxygen atoms in total. The van der Waals surface area contributed by atoms with E-state index < -0.39 is 74.8 Å². The van der Waals surface area contributed by atoms with Crippen molar-refractivity contribution in [2.75, 3.05) is 29.5 Å². The fourth-order valence-electron chi connectivity index (χ4n) is 8.39. The van der Waals surface area contributed by atoms with Crippen molar-refractivity contribution in [3.8, 4) is 0 Å². The maximum atomic E-state index is 12.6. The van der Waals surface area contributed by atoms with Crippen LogP contribution in [0.15, 0.2) is 93.0 Å². The summed E-state index contributed by atoms with van der Waals surface area (Å²) in [5.41, 5.74) is 3.67. The van der Waals surface area contributed by atoms with Gasteiger partial charge in [0.15, 0.2) is 5.71 Å². The van der Waals surface area contributed by atoms with Gasteiger partial charge in [0.25, 0.3) is 40.5 Å².